The van der Waals surface area contributed by atoms with Gasteiger partial charge in [-0.05, 0) is 31.1 Å². The van der Waals surface area contributed by atoms with Gasteiger partial charge < -0.3 is 21.3 Å². The Morgan fingerprint density at radius 1 is 0.935 bits per heavy atom. The Labute approximate surface area is 189 Å². The van der Waals surface area contributed by atoms with Crippen LogP contribution in [-0.2, 0) is 9.59 Å². The second-order valence-corrected chi connectivity index (χ2v) is 9.98. The monoisotopic (exact) mass is 440 g/mol. The molecule has 0 bridgehead atoms. The van der Waals surface area contributed by atoms with Crippen LogP contribution in [0.3, 0.4) is 0 Å². The van der Waals surface area contributed by atoms with E-state index in [0.29, 0.717) is 25.2 Å². The Morgan fingerprint density at radius 2 is 1.48 bits per heavy atom. The van der Waals surface area contributed by atoms with Crippen molar-refractivity contribution < 1.29 is 19.8 Å². The Morgan fingerprint density at radius 3 is 1.97 bits per heavy atom. The van der Waals surface area contributed by atoms with Gasteiger partial charge in [0.1, 0.15) is 6.10 Å². The molecule has 0 radical (unpaired) electrons. The molecule has 2 amide bonds. The summed E-state index contributed by atoms with van der Waals surface area (Å²) in [7, 11) is 0. The third kappa shape index (κ3) is 9.48. The first kappa shape index (κ1) is 27.9. The van der Waals surface area contributed by atoms with Gasteiger partial charge in [0, 0.05) is 11.8 Å². The Kier molecular flexibility index (Phi) is 13.3. The SMILES string of the molecule is CCCCC(C(=O)N[C@@H](CC1CCCCC1)[C@@H](O)[C@@H](O)C(C)C)[C@H](CCCC)C(N)=O. The lowest BCUT2D eigenvalue weighted by atomic mass is 9.80. The van der Waals surface area contributed by atoms with Crippen LogP contribution in [0.4, 0.5) is 0 Å². The van der Waals surface area contributed by atoms with Crippen molar-refractivity contribution in [2.45, 2.75) is 123 Å². The Bertz CT molecular complexity index is 520. The Balaban J connectivity index is 3.03. The molecule has 6 heteroatoms. The first-order valence-electron chi connectivity index (χ1n) is 12.7. The Hall–Kier alpha value is -1.14. The zero-order chi connectivity index (χ0) is 23.4. The first-order valence-corrected chi connectivity index (χ1v) is 12.7. The van der Waals surface area contributed by atoms with E-state index in [1.165, 1.54) is 19.3 Å². The quantitative estimate of drug-likeness (QED) is 0.309. The predicted octanol–water partition coefficient (Wildman–Crippen LogP) is 3.92. The number of primary amides is 1. The summed E-state index contributed by atoms with van der Waals surface area (Å²) in [4.78, 5) is 25.6. The third-order valence-corrected chi connectivity index (χ3v) is 7.01. The van der Waals surface area contributed by atoms with E-state index in [1.807, 2.05) is 13.8 Å². The minimum absolute atomic E-state index is 0.112. The van der Waals surface area contributed by atoms with Gasteiger partial charge >= 0.3 is 0 Å². The van der Waals surface area contributed by atoms with E-state index in [0.717, 1.165) is 38.5 Å². The van der Waals surface area contributed by atoms with E-state index in [9.17, 15) is 19.8 Å². The minimum Gasteiger partial charge on any atom is -0.390 e. The molecule has 0 saturated heterocycles. The summed E-state index contributed by atoms with van der Waals surface area (Å²) in [6, 6.07) is -0.517. The molecule has 1 aliphatic rings. The predicted molar refractivity (Wildman–Crippen MR) is 125 cm³/mol. The highest BCUT2D eigenvalue weighted by molar-refractivity contribution is 5.87. The van der Waals surface area contributed by atoms with Gasteiger partial charge in [0.05, 0.1) is 12.1 Å². The summed E-state index contributed by atoms with van der Waals surface area (Å²) in [6.07, 6.45) is 9.29. The van der Waals surface area contributed by atoms with Crippen LogP contribution in [0.1, 0.15) is 105 Å². The molecular weight excluding hydrogens is 392 g/mol. The van der Waals surface area contributed by atoms with Crippen molar-refractivity contribution in [2.75, 3.05) is 0 Å². The largest absolute Gasteiger partial charge is 0.390 e. The van der Waals surface area contributed by atoms with E-state index >= 15 is 0 Å². The molecule has 0 aliphatic heterocycles. The van der Waals surface area contributed by atoms with Crippen LogP contribution < -0.4 is 11.1 Å². The van der Waals surface area contributed by atoms with Crippen LogP contribution in [-0.4, -0.2) is 40.3 Å². The van der Waals surface area contributed by atoms with E-state index in [4.69, 9.17) is 5.73 Å². The van der Waals surface area contributed by atoms with Crippen molar-refractivity contribution in [1.29, 1.82) is 0 Å². The highest BCUT2D eigenvalue weighted by atomic mass is 16.3. The number of hydrogen-bond acceptors (Lipinski definition) is 4. The maximum atomic E-state index is 13.4. The summed E-state index contributed by atoms with van der Waals surface area (Å²) in [5.41, 5.74) is 5.71. The highest BCUT2D eigenvalue weighted by Crippen LogP contribution is 2.30. The molecule has 5 N–H and O–H groups in total. The molecule has 1 saturated carbocycles. The molecule has 1 aliphatic carbocycles. The number of carbonyl (C=O) groups excluding carboxylic acids is 2. The number of unbranched alkanes of at least 4 members (excludes halogenated alkanes) is 2. The van der Waals surface area contributed by atoms with E-state index in [2.05, 4.69) is 19.2 Å². The zero-order valence-corrected chi connectivity index (χ0v) is 20.3. The molecule has 1 rings (SSSR count). The van der Waals surface area contributed by atoms with E-state index < -0.39 is 36.0 Å². The van der Waals surface area contributed by atoms with Gasteiger partial charge in [-0.15, -0.1) is 0 Å². The van der Waals surface area contributed by atoms with Gasteiger partial charge in [-0.2, -0.15) is 0 Å². The molecular formula is C25H48N2O4. The number of aliphatic hydroxyl groups is 2. The molecule has 0 aromatic heterocycles. The van der Waals surface area contributed by atoms with Gasteiger partial charge in [0.2, 0.25) is 11.8 Å². The highest BCUT2D eigenvalue weighted by Gasteiger charge is 2.36. The van der Waals surface area contributed by atoms with Crippen LogP contribution in [0.5, 0.6) is 0 Å². The molecule has 5 atom stereocenters. The normalized spacial score (nSPS) is 20.1. The molecule has 6 nitrogen and oxygen atoms in total. The molecule has 31 heavy (non-hydrogen) atoms. The lowest BCUT2D eigenvalue weighted by molar-refractivity contribution is -0.136. The maximum Gasteiger partial charge on any atom is 0.224 e. The summed E-state index contributed by atoms with van der Waals surface area (Å²) in [5, 5.41) is 24.5. The van der Waals surface area contributed by atoms with E-state index in [1.54, 1.807) is 0 Å². The van der Waals surface area contributed by atoms with Crippen molar-refractivity contribution in [2.24, 2.45) is 29.4 Å². The molecule has 0 aromatic carbocycles. The molecule has 182 valence electrons. The number of nitrogens with one attached hydrogen (secondary N) is 1. The summed E-state index contributed by atoms with van der Waals surface area (Å²) in [6.45, 7) is 7.86. The fourth-order valence-corrected chi connectivity index (χ4v) is 4.89. The third-order valence-electron chi connectivity index (χ3n) is 7.01. The number of hydrogen-bond donors (Lipinski definition) is 4. The van der Waals surface area contributed by atoms with Gasteiger partial charge in [0.15, 0.2) is 0 Å². The average molecular weight is 441 g/mol. The van der Waals surface area contributed by atoms with Crippen LogP contribution in [0.15, 0.2) is 0 Å². The zero-order valence-electron chi connectivity index (χ0n) is 20.3. The molecule has 0 spiro atoms. The maximum absolute atomic E-state index is 13.4. The number of rotatable bonds is 15. The molecule has 0 aromatic rings. The smallest absolute Gasteiger partial charge is 0.224 e. The fourth-order valence-electron chi connectivity index (χ4n) is 4.89. The lowest BCUT2D eigenvalue weighted by Crippen LogP contribution is -2.53. The van der Waals surface area contributed by atoms with Crippen molar-refractivity contribution in [3.05, 3.63) is 0 Å². The second-order valence-electron chi connectivity index (χ2n) is 9.98. The number of carbonyl (C=O) groups is 2. The van der Waals surface area contributed by atoms with Crippen molar-refractivity contribution in [3.63, 3.8) is 0 Å². The van der Waals surface area contributed by atoms with Gasteiger partial charge in [-0.1, -0.05) is 85.5 Å². The number of nitrogens with two attached hydrogens (primary N) is 1. The van der Waals surface area contributed by atoms with Gasteiger partial charge in [0.25, 0.3) is 0 Å². The van der Waals surface area contributed by atoms with E-state index in [-0.39, 0.29) is 11.8 Å². The second kappa shape index (κ2) is 14.8. The number of aliphatic hydroxyl groups excluding tert-OH is 2. The molecule has 1 unspecified atom stereocenters. The van der Waals surface area contributed by atoms with Crippen molar-refractivity contribution in [3.8, 4) is 0 Å². The average Bonchev–Trinajstić information content (AvgIpc) is 2.74. The first-order chi connectivity index (χ1) is 14.7. The van der Waals surface area contributed by atoms with Crippen LogP contribution in [0, 0.1) is 23.7 Å². The van der Waals surface area contributed by atoms with Crippen molar-refractivity contribution >= 4 is 11.8 Å². The lowest BCUT2D eigenvalue weighted by Gasteiger charge is -2.35. The van der Waals surface area contributed by atoms with Gasteiger partial charge in [-0.25, -0.2) is 0 Å². The summed E-state index contributed by atoms with van der Waals surface area (Å²) in [5.74, 6) is -1.27. The minimum atomic E-state index is -1.03. The van der Waals surface area contributed by atoms with Crippen molar-refractivity contribution in [1.82, 2.24) is 5.32 Å². The van der Waals surface area contributed by atoms with Crippen LogP contribution in [0.2, 0.25) is 0 Å². The summed E-state index contributed by atoms with van der Waals surface area (Å²) < 4.78 is 0. The molecule has 1 fully saturated rings. The van der Waals surface area contributed by atoms with Crippen LogP contribution >= 0.6 is 0 Å². The van der Waals surface area contributed by atoms with Crippen LogP contribution in [0.25, 0.3) is 0 Å². The fraction of sp³-hybridized carbons (Fsp3) is 0.920. The summed E-state index contributed by atoms with van der Waals surface area (Å²) >= 11 is 0. The molecule has 0 heterocycles. The van der Waals surface area contributed by atoms with Gasteiger partial charge in [-0.3, -0.25) is 9.59 Å². The number of amides is 2. The standard InChI is InChI=1S/C25H48N2O4/c1-5-7-14-19(24(26)30)20(15-8-6-2)25(31)27-21(23(29)22(28)17(3)4)16-18-12-10-9-11-13-18/h17-23,28-29H,5-16H2,1-4H3,(H2,26,30)(H,27,31)/t19-,20?,21-,22-,23+/m0/s1. The topological polar surface area (TPSA) is 113 Å².